The van der Waals surface area contributed by atoms with E-state index in [-0.39, 0.29) is 11.9 Å². The number of carbonyl (C=O) groups is 1. The summed E-state index contributed by atoms with van der Waals surface area (Å²) in [4.78, 5) is 18.3. The normalized spacial score (nSPS) is 20.5. The first-order valence-electron chi connectivity index (χ1n) is 5.83. The summed E-state index contributed by atoms with van der Waals surface area (Å²) >= 11 is 0. The molecule has 0 bridgehead atoms. The van der Waals surface area contributed by atoms with Crippen LogP contribution < -0.4 is 11.1 Å². The highest BCUT2D eigenvalue weighted by atomic mass is 16.1. The summed E-state index contributed by atoms with van der Waals surface area (Å²) in [5.74, 6) is -0.0394. The summed E-state index contributed by atoms with van der Waals surface area (Å²) in [6, 6.07) is 3.71. The number of rotatable bonds is 3. The summed E-state index contributed by atoms with van der Waals surface area (Å²) < 4.78 is 0. The predicted octanol–water partition coefficient (Wildman–Crippen LogP) is -0.0258. The number of aromatic nitrogens is 1. The number of hydrogen-bond donors (Lipinski definition) is 2. The van der Waals surface area contributed by atoms with E-state index in [2.05, 4.69) is 22.2 Å². The van der Waals surface area contributed by atoms with Gasteiger partial charge in [-0.15, -0.1) is 0 Å². The molecule has 1 aromatic heterocycles. The quantitative estimate of drug-likeness (QED) is 0.770. The minimum Gasteiger partial charge on any atom is -0.348 e. The van der Waals surface area contributed by atoms with Gasteiger partial charge in [0, 0.05) is 30.9 Å². The van der Waals surface area contributed by atoms with Gasteiger partial charge in [0.25, 0.3) is 5.91 Å². The van der Waals surface area contributed by atoms with E-state index in [1.807, 2.05) is 0 Å². The van der Waals surface area contributed by atoms with Crippen molar-refractivity contribution in [2.75, 3.05) is 20.1 Å². The summed E-state index contributed by atoms with van der Waals surface area (Å²) in [6.45, 7) is 2.31. The van der Waals surface area contributed by atoms with E-state index in [0.717, 1.165) is 25.2 Å². The lowest BCUT2D eigenvalue weighted by Gasteiger charge is -2.13. The van der Waals surface area contributed by atoms with E-state index in [1.165, 1.54) is 0 Å². The number of amides is 1. The Hall–Kier alpha value is -1.46. The van der Waals surface area contributed by atoms with Crippen molar-refractivity contribution in [1.82, 2.24) is 15.2 Å². The first-order valence-corrected chi connectivity index (χ1v) is 5.83. The van der Waals surface area contributed by atoms with Crippen molar-refractivity contribution in [1.29, 1.82) is 0 Å². The van der Waals surface area contributed by atoms with E-state index >= 15 is 0 Å². The lowest BCUT2D eigenvalue weighted by molar-refractivity contribution is 0.0938. The second-order valence-electron chi connectivity index (χ2n) is 4.46. The maximum Gasteiger partial charge on any atom is 0.251 e. The van der Waals surface area contributed by atoms with Crippen LogP contribution in [0.5, 0.6) is 0 Å². The molecule has 17 heavy (non-hydrogen) atoms. The number of nitrogens with two attached hydrogens (primary N) is 1. The molecule has 1 atom stereocenters. The fraction of sp³-hybridized carbons (Fsp3) is 0.500. The molecule has 0 saturated carbocycles. The van der Waals surface area contributed by atoms with E-state index < -0.39 is 0 Å². The zero-order valence-electron chi connectivity index (χ0n) is 10.0. The molecule has 1 unspecified atom stereocenters. The van der Waals surface area contributed by atoms with Crippen LogP contribution in [0.4, 0.5) is 0 Å². The zero-order valence-corrected chi connectivity index (χ0v) is 10.0. The van der Waals surface area contributed by atoms with Crippen LogP contribution >= 0.6 is 0 Å². The van der Waals surface area contributed by atoms with E-state index in [0.29, 0.717) is 12.1 Å². The Morgan fingerprint density at radius 3 is 3.18 bits per heavy atom. The van der Waals surface area contributed by atoms with Crippen LogP contribution in [-0.2, 0) is 6.54 Å². The molecule has 3 N–H and O–H groups in total. The topological polar surface area (TPSA) is 71.2 Å². The lowest BCUT2D eigenvalue weighted by atomic mass is 10.2. The molecular weight excluding hydrogens is 216 g/mol. The van der Waals surface area contributed by atoms with Crippen LogP contribution in [0.3, 0.4) is 0 Å². The van der Waals surface area contributed by atoms with Gasteiger partial charge in [0.15, 0.2) is 0 Å². The fourth-order valence-electron chi connectivity index (χ4n) is 2.05. The molecular formula is C12H18N4O. The summed E-state index contributed by atoms with van der Waals surface area (Å²) in [5.41, 5.74) is 6.87. The first kappa shape index (κ1) is 12.0. The Labute approximate surface area is 101 Å². The van der Waals surface area contributed by atoms with Crippen molar-refractivity contribution in [2.45, 2.75) is 19.0 Å². The SMILES string of the molecule is CN1CCC(NC(=O)c2ccnc(CN)c2)C1. The van der Waals surface area contributed by atoms with Gasteiger partial charge in [-0.3, -0.25) is 9.78 Å². The summed E-state index contributed by atoms with van der Waals surface area (Å²) in [5, 5.41) is 3.03. The van der Waals surface area contributed by atoms with Gasteiger partial charge in [-0.1, -0.05) is 0 Å². The molecule has 1 aliphatic rings. The molecule has 2 rings (SSSR count). The molecule has 5 nitrogen and oxygen atoms in total. The lowest BCUT2D eigenvalue weighted by Crippen LogP contribution is -2.36. The van der Waals surface area contributed by atoms with Crippen LogP contribution in [0.15, 0.2) is 18.3 Å². The Morgan fingerprint density at radius 1 is 1.71 bits per heavy atom. The smallest absolute Gasteiger partial charge is 0.251 e. The second kappa shape index (κ2) is 5.25. The van der Waals surface area contributed by atoms with E-state index in [4.69, 9.17) is 5.73 Å². The van der Waals surface area contributed by atoms with Crippen molar-refractivity contribution >= 4 is 5.91 Å². The van der Waals surface area contributed by atoms with Crippen LogP contribution in [0.2, 0.25) is 0 Å². The maximum atomic E-state index is 12.0. The highest BCUT2D eigenvalue weighted by Crippen LogP contribution is 2.08. The third-order valence-electron chi connectivity index (χ3n) is 3.01. The average molecular weight is 234 g/mol. The predicted molar refractivity (Wildman–Crippen MR) is 65.5 cm³/mol. The molecule has 0 aromatic carbocycles. The number of nitrogens with one attached hydrogen (secondary N) is 1. The number of hydrogen-bond acceptors (Lipinski definition) is 4. The molecule has 0 aliphatic carbocycles. The summed E-state index contributed by atoms with van der Waals surface area (Å²) in [7, 11) is 2.06. The summed E-state index contributed by atoms with van der Waals surface area (Å²) in [6.07, 6.45) is 2.63. The monoisotopic (exact) mass is 234 g/mol. The van der Waals surface area contributed by atoms with Crippen molar-refractivity contribution < 1.29 is 4.79 Å². The van der Waals surface area contributed by atoms with Gasteiger partial charge in [0.2, 0.25) is 0 Å². The van der Waals surface area contributed by atoms with Crippen molar-refractivity contribution in [3.05, 3.63) is 29.6 Å². The Kier molecular flexibility index (Phi) is 3.71. The van der Waals surface area contributed by atoms with E-state index in [1.54, 1.807) is 18.3 Å². The van der Waals surface area contributed by atoms with Crippen LogP contribution in [0, 0.1) is 0 Å². The number of pyridine rings is 1. The van der Waals surface area contributed by atoms with Gasteiger partial charge < -0.3 is 16.0 Å². The molecule has 0 radical (unpaired) electrons. The molecule has 1 saturated heterocycles. The Bertz CT molecular complexity index is 407. The largest absolute Gasteiger partial charge is 0.348 e. The number of nitrogens with zero attached hydrogens (tertiary/aromatic N) is 2. The van der Waals surface area contributed by atoms with Crippen molar-refractivity contribution in [3.63, 3.8) is 0 Å². The first-order chi connectivity index (χ1) is 8.19. The van der Waals surface area contributed by atoms with Gasteiger partial charge in [-0.25, -0.2) is 0 Å². The standard InChI is InChI=1S/C12H18N4O/c1-16-5-3-10(8-16)15-12(17)9-2-4-14-11(6-9)7-13/h2,4,6,10H,3,5,7-8,13H2,1H3,(H,15,17). The Morgan fingerprint density at radius 2 is 2.53 bits per heavy atom. The van der Waals surface area contributed by atoms with Crippen molar-refractivity contribution in [3.8, 4) is 0 Å². The van der Waals surface area contributed by atoms with Gasteiger partial charge in [0.1, 0.15) is 0 Å². The third-order valence-corrected chi connectivity index (χ3v) is 3.01. The molecule has 0 spiro atoms. The van der Waals surface area contributed by atoms with Crippen LogP contribution in [-0.4, -0.2) is 42.0 Å². The molecule has 92 valence electrons. The average Bonchev–Trinajstić information content (AvgIpc) is 2.75. The van der Waals surface area contributed by atoms with Crippen LogP contribution in [0.25, 0.3) is 0 Å². The molecule has 5 heteroatoms. The van der Waals surface area contributed by atoms with Gasteiger partial charge >= 0.3 is 0 Å². The van der Waals surface area contributed by atoms with Gasteiger partial charge in [-0.05, 0) is 32.1 Å². The minimum atomic E-state index is -0.0394. The van der Waals surface area contributed by atoms with E-state index in [9.17, 15) is 4.79 Å². The van der Waals surface area contributed by atoms with Crippen molar-refractivity contribution in [2.24, 2.45) is 5.73 Å². The second-order valence-corrected chi connectivity index (χ2v) is 4.46. The molecule has 1 fully saturated rings. The van der Waals surface area contributed by atoms with Gasteiger partial charge in [-0.2, -0.15) is 0 Å². The zero-order chi connectivity index (χ0) is 12.3. The molecule has 1 aliphatic heterocycles. The highest BCUT2D eigenvalue weighted by Gasteiger charge is 2.21. The number of likely N-dealkylation sites (N-methyl/N-ethyl adjacent to an activating group) is 1. The fourth-order valence-corrected chi connectivity index (χ4v) is 2.05. The number of likely N-dealkylation sites (tertiary alicyclic amines) is 1. The Balaban J connectivity index is 1.99. The molecule has 1 amide bonds. The third kappa shape index (κ3) is 3.01. The number of carbonyl (C=O) groups excluding carboxylic acids is 1. The minimum absolute atomic E-state index is 0.0394. The molecule has 1 aromatic rings. The molecule has 2 heterocycles. The van der Waals surface area contributed by atoms with Gasteiger partial charge in [0.05, 0.1) is 5.69 Å². The highest BCUT2D eigenvalue weighted by molar-refractivity contribution is 5.94. The maximum absolute atomic E-state index is 12.0. The van der Waals surface area contributed by atoms with Crippen LogP contribution in [0.1, 0.15) is 22.5 Å².